The summed E-state index contributed by atoms with van der Waals surface area (Å²) >= 11 is 0. The Kier molecular flexibility index (Phi) is 3.05. The van der Waals surface area contributed by atoms with E-state index >= 15 is 0 Å². The Morgan fingerprint density at radius 3 is 2.88 bits per heavy atom. The molecule has 0 aliphatic heterocycles. The van der Waals surface area contributed by atoms with Crippen LogP contribution < -0.4 is 10.1 Å². The largest absolute Gasteiger partial charge is 0.496 e. The second kappa shape index (κ2) is 4.65. The van der Waals surface area contributed by atoms with E-state index in [-0.39, 0.29) is 0 Å². The third kappa shape index (κ3) is 2.13. The van der Waals surface area contributed by atoms with Crippen molar-refractivity contribution in [1.82, 2.24) is 10.1 Å². The minimum absolute atomic E-state index is 0.421. The van der Waals surface area contributed by atoms with Crippen molar-refractivity contribution in [1.29, 1.82) is 0 Å². The summed E-state index contributed by atoms with van der Waals surface area (Å²) in [5.41, 5.74) is 1.04. The van der Waals surface area contributed by atoms with Gasteiger partial charge in [0.1, 0.15) is 5.75 Å². The smallest absolute Gasteiger partial charge is 0.321 e. The third-order valence-electron chi connectivity index (χ3n) is 2.22. The Labute approximate surface area is 93.4 Å². The van der Waals surface area contributed by atoms with Crippen LogP contribution in [0, 0.1) is 0 Å². The Hall–Kier alpha value is -2.04. The summed E-state index contributed by atoms with van der Waals surface area (Å²) < 4.78 is 10.2. The Morgan fingerprint density at radius 2 is 2.19 bits per heavy atom. The lowest BCUT2D eigenvalue weighted by Crippen LogP contribution is -1.95. The topological polar surface area (TPSA) is 60.2 Å². The molecule has 0 unspecified atom stereocenters. The summed E-state index contributed by atoms with van der Waals surface area (Å²) in [6.07, 6.45) is 0.592. The van der Waals surface area contributed by atoms with Gasteiger partial charge in [-0.1, -0.05) is 23.4 Å². The Bertz CT molecular complexity index is 468. The molecule has 0 radical (unpaired) electrons. The minimum atomic E-state index is 0.421. The number of benzene rings is 1. The molecule has 1 aromatic heterocycles. The molecule has 0 saturated heterocycles. The second-order valence-electron chi connectivity index (χ2n) is 3.25. The highest BCUT2D eigenvalue weighted by atomic mass is 16.5. The summed E-state index contributed by atoms with van der Waals surface area (Å²) in [5.74, 6) is 1.46. The lowest BCUT2D eigenvalue weighted by molar-refractivity contribution is 0.408. The van der Waals surface area contributed by atoms with Gasteiger partial charge in [0.2, 0.25) is 0 Å². The van der Waals surface area contributed by atoms with E-state index in [1.165, 1.54) is 0 Å². The van der Waals surface area contributed by atoms with Crippen molar-refractivity contribution in [3.05, 3.63) is 35.7 Å². The van der Waals surface area contributed by atoms with Gasteiger partial charge in [-0.3, -0.25) is 0 Å². The highest BCUT2D eigenvalue weighted by Gasteiger charge is 2.08. The van der Waals surface area contributed by atoms with Crippen molar-refractivity contribution >= 4 is 6.01 Å². The fraction of sp³-hybridized carbons (Fsp3) is 0.273. The van der Waals surface area contributed by atoms with Gasteiger partial charge in [-0.2, -0.15) is 4.98 Å². The molecule has 0 saturated carbocycles. The molecule has 0 atom stereocenters. The summed E-state index contributed by atoms with van der Waals surface area (Å²) in [6, 6.07) is 8.20. The van der Waals surface area contributed by atoms with E-state index in [1.54, 1.807) is 14.2 Å². The molecule has 1 N–H and O–H groups in total. The zero-order valence-corrected chi connectivity index (χ0v) is 9.23. The Balaban J connectivity index is 2.19. The second-order valence-corrected chi connectivity index (χ2v) is 3.25. The number of anilines is 1. The van der Waals surface area contributed by atoms with E-state index in [0.29, 0.717) is 18.3 Å². The van der Waals surface area contributed by atoms with Crippen LogP contribution in [0.4, 0.5) is 6.01 Å². The lowest BCUT2D eigenvalue weighted by Gasteiger charge is -2.04. The molecule has 16 heavy (non-hydrogen) atoms. The van der Waals surface area contributed by atoms with Crippen LogP contribution in [0.25, 0.3) is 0 Å². The first-order valence-corrected chi connectivity index (χ1v) is 4.95. The fourth-order valence-electron chi connectivity index (χ4n) is 1.45. The fourth-order valence-corrected chi connectivity index (χ4v) is 1.45. The van der Waals surface area contributed by atoms with Gasteiger partial charge >= 0.3 is 6.01 Å². The van der Waals surface area contributed by atoms with E-state index in [9.17, 15) is 0 Å². The number of hydrogen-bond acceptors (Lipinski definition) is 5. The zero-order chi connectivity index (χ0) is 11.4. The van der Waals surface area contributed by atoms with Crippen LogP contribution in [-0.2, 0) is 6.42 Å². The first kappa shape index (κ1) is 10.5. The molecule has 1 heterocycles. The van der Waals surface area contributed by atoms with Crippen molar-refractivity contribution in [2.45, 2.75) is 6.42 Å². The van der Waals surface area contributed by atoms with E-state index in [0.717, 1.165) is 11.3 Å². The quantitative estimate of drug-likeness (QED) is 0.848. The molecule has 0 aliphatic carbocycles. The number of methoxy groups -OCH3 is 1. The van der Waals surface area contributed by atoms with Crippen molar-refractivity contribution in [3.63, 3.8) is 0 Å². The maximum Gasteiger partial charge on any atom is 0.321 e. The Morgan fingerprint density at radius 1 is 1.38 bits per heavy atom. The molecular weight excluding hydrogens is 206 g/mol. The number of nitrogens with zero attached hydrogens (tertiary/aromatic N) is 2. The number of para-hydroxylation sites is 1. The van der Waals surface area contributed by atoms with Gasteiger partial charge in [0, 0.05) is 19.0 Å². The molecule has 84 valence electrons. The number of nitrogens with one attached hydrogen (secondary N) is 1. The summed E-state index contributed by atoms with van der Waals surface area (Å²) in [7, 11) is 3.38. The molecule has 1 aromatic carbocycles. The van der Waals surface area contributed by atoms with E-state index in [1.807, 2.05) is 24.3 Å². The van der Waals surface area contributed by atoms with E-state index < -0.39 is 0 Å². The average Bonchev–Trinajstić information content (AvgIpc) is 2.77. The number of hydrogen-bond donors (Lipinski definition) is 1. The maximum atomic E-state index is 5.25. The van der Waals surface area contributed by atoms with Crippen LogP contribution in [0.1, 0.15) is 11.4 Å². The molecule has 2 rings (SSSR count). The monoisotopic (exact) mass is 219 g/mol. The first-order valence-electron chi connectivity index (χ1n) is 4.95. The molecular formula is C11H13N3O2. The van der Waals surface area contributed by atoms with Gasteiger partial charge < -0.3 is 14.6 Å². The molecule has 2 aromatic rings. The van der Waals surface area contributed by atoms with Gasteiger partial charge in [0.15, 0.2) is 5.82 Å². The SMILES string of the molecule is CNc1nc(Cc2ccccc2OC)no1. The molecule has 0 fully saturated rings. The predicted octanol–water partition coefficient (Wildman–Crippen LogP) is 1.71. The predicted molar refractivity (Wildman–Crippen MR) is 59.6 cm³/mol. The normalized spacial score (nSPS) is 10.1. The molecule has 0 amide bonds. The summed E-state index contributed by atoms with van der Waals surface area (Å²) in [4.78, 5) is 4.15. The van der Waals surface area contributed by atoms with Gasteiger partial charge in [0.25, 0.3) is 0 Å². The first-order chi connectivity index (χ1) is 7.83. The van der Waals surface area contributed by atoms with Gasteiger partial charge in [-0.25, -0.2) is 0 Å². The number of ether oxygens (including phenoxy) is 1. The van der Waals surface area contributed by atoms with E-state index in [2.05, 4.69) is 15.5 Å². The highest BCUT2D eigenvalue weighted by molar-refractivity contribution is 5.35. The van der Waals surface area contributed by atoms with Gasteiger partial charge in [0.05, 0.1) is 7.11 Å². The minimum Gasteiger partial charge on any atom is -0.496 e. The van der Waals surface area contributed by atoms with Gasteiger partial charge in [-0.05, 0) is 6.07 Å². The molecule has 0 aliphatic rings. The third-order valence-corrected chi connectivity index (χ3v) is 2.22. The number of aromatic nitrogens is 2. The van der Waals surface area contributed by atoms with Crippen molar-refractivity contribution in [2.24, 2.45) is 0 Å². The average molecular weight is 219 g/mol. The van der Waals surface area contributed by atoms with Crippen LogP contribution in [-0.4, -0.2) is 24.3 Å². The van der Waals surface area contributed by atoms with Crippen molar-refractivity contribution < 1.29 is 9.26 Å². The number of rotatable bonds is 4. The van der Waals surface area contributed by atoms with Crippen LogP contribution in [0.5, 0.6) is 5.75 Å². The van der Waals surface area contributed by atoms with Crippen LogP contribution in [0.15, 0.2) is 28.8 Å². The zero-order valence-electron chi connectivity index (χ0n) is 9.23. The molecule has 5 nitrogen and oxygen atoms in total. The van der Waals surface area contributed by atoms with Gasteiger partial charge in [-0.15, -0.1) is 0 Å². The standard InChI is InChI=1S/C11H13N3O2/c1-12-11-13-10(14-16-11)7-8-5-3-4-6-9(8)15-2/h3-6H,7H2,1-2H3,(H,12,13,14). The van der Waals surface area contributed by atoms with E-state index in [4.69, 9.17) is 9.26 Å². The molecule has 0 spiro atoms. The molecule has 5 heteroatoms. The molecule has 0 bridgehead atoms. The summed E-state index contributed by atoms with van der Waals surface area (Å²) in [5, 5.41) is 6.64. The van der Waals surface area contributed by atoms with Crippen molar-refractivity contribution in [2.75, 3.05) is 19.5 Å². The van der Waals surface area contributed by atoms with Crippen LogP contribution in [0.3, 0.4) is 0 Å². The highest BCUT2D eigenvalue weighted by Crippen LogP contribution is 2.20. The maximum absolute atomic E-state index is 5.25. The van der Waals surface area contributed by atoms with Crippen LogP contribution in [0.2, 0.25) is 0 Å². The van der Waals surface area contributed by atoms with Crippen molar-refractivity contribution in [3.8, 4) is 5.75 Å². The lowest BCUT2D eigenvalue weighted by atomic mass is 10.1. The van der Waals surface area contributed by atoms with Crippen LogP contribution >= 0.6 is 0 Å². The summed E-state index contributed by atoms with van der Waals surface area (Å²) in [6.45, 7) is 0.